The molecule has 3 nitrogen and oxygen atoms in total. The topological polar surface area (TPSA) is 41.5 Å². The van der Waals surface area contributed by atoms with Crippen LogP contribution in [0.15, 0.2) is 36.4 Å². The molecular weight excluding hydrogens is 214 g/mol. The average Bonchev–Trinajstić information content (AvgIpc) is 2.39. The third-order valence-electron chi connectivity index (χ3n) is 3.22. The Kier molecular flexibility index (Phi) is 2.71. The van der Waals surface area contributed by atoms with Gasteiger partial charge in [-0.1, -0.05) is 30.3 Å². The van der Waals surface area contributed by atoms with Gasteiger partial charge in [0.05, 0.1) is 19.3 Å². The van der Waals surface area contributed by atoms with Crippen LogP contribution in [0.1, 0.15) is 11.6 Å². The number of morpholine rings is 1. The lowest BCUT2D eigenvalue weighted by molar-refractivity contribution is 0.0765. The van der Waals surface area contributed by atoms with Gasteiger partial charge in [0.1, 0.15) is 5.75 Å². The van der Waals surface area contributed by atoms with Gasteiger partial charge in [0.2, 0.25) is 0 Å². The summed E-state index contributed by atoms with van der Waals surface area (Å²) in [5.41, 5.74) is 0.947. The summed E-state index contributed by atoms with van der Waals surface area (Å²) in [7, 11) is 0. The zero-order chi connectivity index (χ0) is 11.7. The molecule has 2 N–H and O–H groups in total. The number of hydrogen-bond donors (Lipinski definition) is 2. The van der Waals surface area contributed by atoms with Crippen molar-refractivity contribution in [2.45, 2.75) is 6.04 Å². The molecule has 0 amide bonds. The van der Waals surface area contributed by atoms with Crippen molar-refractivity contribution in [3.05, 3.63) is 42.0 Å². The standard InChI is InChI=1S/C14H15NO2/c16-13-6-5-10-3-1-2-4-11(10)14(13)12-9-17-8-7-15-12/h1-6,12,15-16H,7-9H2. The first-order valence-electron chi connectivity index (χ1n) is 5.88. The van der Waals surface area contributed by atoms with Crippen LogP contribution in [-0.2, 0) is 4.74 Å². The molecule has 0 bridgehead atoms. The number of aromatic hydroxyl groups is 1. The second-order valence-electron chi connectivity index (χ2n) is 4.30. The van der Waals surface area contributed by atoms with Gasteiger partial charge < -0.3 is 15.2 Å². The monoisotopic (exact) mass is 229 g/mol. The van der Waals surface area contributed by atoms with Crippen molar-refractivity contribution in [3.63, 3.8) is 0 Å². The Balaban J connectivity index is 2.15. The Hall–Kier alpha value is -1.58. The summed E-state index contributed by atoms with van der Waals surface area (Å²) in [5.74, 6) is 0.340. The summed E-state index contributed by atoms with van der Waals surface area (Å²) in [6, 6.07) is 11.9. The molecule has 1 aliphatic heterocycles. The number of ether oxygens (including phenoxy) is 1. The highest BCUT2D eigenvalue weighted by atomic mass is 16.5. The van der Waals surface area contributed by atoms with Crippen LogP contribution in [0.4, 0.5) is 0 Å². The molecule has 0 aromatic heterocycles. The Bertz CT molecular complexity index is 533. The van der Waals surface area contributed by atoms with Crippen molar-refractivity contribution >= 4 is 10.8 Å². The first-order chi connectivity index (χ1) is 8.36. The lowest BCUT2D eigenvalue weighted by Gasteiger charge is -2.26. The van der Waals surface area contributed by atoms with E-state index in [0.717, 1.165) is 29.5 Å². The maximum absolute atomic E-state index is 10.1. The van der Waals surface area contributed by atoms with E-state index in [-0.39, 0.29) is 6.04 Å². The van der Waals surface area contributed by atoms with E-state index < -0.39 is 0 Å². The maximum atomic E-state index is 10.1. The summed E-state index contributed by atoms with van der Waals surface area (Å²) in [6.45, 7) is 2.18. The highest BCUT2D eigenvalue weighted by Crippen LogP contribution is 2.33. The Morgan fingerprint density at radius 3 is 2.88 bits per heavy atom. The summed E-state index contributed by atoms with van der Waals surface area (Å²) in [4.78, 5) is 0. The normalized spacial score (nSPS) is 20.6. The number of phenolic OH excluding ortho intramolecular Hbond substituents is 1. The van der Waals surface area contributed by atoms with E-state index in [0.29, 0.717) is 12.4 Å². The van der Waals surface area contributed by atoms with Crippen LogP contribution >= 0.6 is 0 Å². The predicted octanol–water partition coefficient (Wildman–Crippen LogP) is 2.21. The largest absolute Gasteiger partial charge is 0.508 e. The van der Waals surface area contributed by atoms with Gasteiger partial charge in [-0.2, -0.15) is 0 Å². The number of fused-ring (bicyclic) bond motifs is 1. The van der Waals surface area contributed by atoms with Crippen molar-refractivity contribution in [2.24, 2.45) is 0 Å². The predicted molar refractivity (Wildman–Crippen MR) is 67.2 cm³/mol. The number of nitrogens with one attached hydrogen (secondary N) is 1. The van der Waals surface area contributed by atoms with Crippen LogP contribution < -0.4 is 5.32 Å². The molecule has 1 atom stereocenters. The number of rotatable bonds is 1. The van der Waals surface area contributed by atoms with Crippen LogP contribution in [0.25, 0.3) is 10.8 Å². The smallest absolute Gasteiger partial charge is 0.121 e. The minimum absolute atomic E-state index is 0.0786. The summed E-state index contributed by atoms with van der Waals surface area (Å²) < 4.78 is 5.47. The van der Waals surface area contributed by atoms with E-state index in [4.69, 9.17) is 4.74 Å². The van der Waals surface area contributed by atoms with Crippen molar-refractivity contribution in [1.29, 1.82) is 0 Å². The molecule has 3 heteroatoms. The molecule has 3 rings (SSSR count). The zero-order valence-corrected chi connectivity index (χ0v) is 9.52. The minimum Gasteiger partial charge on any atom is -0.508 e. The fourth-order valence-corrected chi connectivity index (χ4v) is 2.40. The first kappa shape index (κ1) is 10.6. The molecular formula is C14H15NO2. The zero-order valence-electron chi connectivity index (χ0n) is 9.52. The van der Waals surface area contributed by atoms with Crippen molar-refractivity contribution in [1.82, 2.24) is 5.32 Å². The molecule has 1 aliphatic rings. The molecule has 0 saturated carbocycles. The summed E-state index contributed by atoms with van der Waals surface area (Å²) in [6.07, 6.45) is 0. The minimum atomic E-state index is 0.0786. The fraction of sp³-hybridized carbons (Fsp3) is 0.286. The molecule has 0 spiro atoms. The van der Waals surface area contributed by atoms with E-state index in [9.17, 15) is 5.11 Å². The van der Waals surface area contributed by atoms with Crippen molar-refractivity contribution < 1.29 is 9.84 Å². The van der Waals surface area contributed by atoms with Crippen LogP contribution in [0.2, 0.25) is 0 Å². The summed E-state index contributed by atoms with van der Waals surface area (Å²) >= 11 is 0. The number of benzene rings is 2. The van der Waals surface area contributed by atoms with Gasteiger partial charge >= 0.3 is 0 Å². The van der Waals surface area contributed by atoms with Gasteiger partial charge in [-0.05, 0) is 16.8 Å². The van der Waals surface area contributed by atoms with Crippen LogP contribution in [-0.4, -0.2) is 24.9 Å². The molecule has 1 saturated heterocycles. The Labute approximate surface area is 100 Å². The van der Waals surface area contributed by atoms with E-state index in [1.54, 1.807) is 6.07 Å². The van der Waals surface area contributed by atoms with Gasteiger partial charge in [0.25, 0.3) is 0 Å². The molecule has 2 aromatic carbocycles. The van der Waals surface area contributed by atoms with E-state index in [1.165, 1.54) is 0 Å². The molecule has 1 heterocycles. The van der Waals surface area contributed by atoms with Gasteiger partial charge in [-0.25, -0.2) is 0 Å². The quantitative estimate of drug-likeness (QED) is 0.787. The van der Waals surface area contributed by atoms with Crippen molar-refractivity contribution in [2.75, 3.05) is 19.8 Å². The van der Waals surface area contributed by atoms with E-state index in [1.807, 2.05) is 24.3 Å². The third kappa shape index (κ3) is 1.88. The average molecular weight is 229 g/mol. The van der Waals surface area contributed by atoms with Crippen LogP contribution in [0.5, 0.6) is 5.75 Å². The molecule has 88 valence electrons. The van der Waals surface area contributed by atoms with Gasteiger partial charge in [0.15, 0.2) is 0 Å². The number of hydrogen-bond acceptors (Lipinski definition) is 3. The molecule has 0 radical (unpaired) electrons. The fourth-order valence-electron chi connectivity index (χ4n) is 2.40. The maximum Gasteiger partial charge on any atom is 0.121 e. The van der Waals surface area contributed by atoms with Gasteiger partial charge in [0, 0.05) is 12.1 Å². The second-order valence-corrected chi connectivity index (χ2v) is 4.30. The van der Waals surface area contributed by atoms with Gasteiger partial charge in [-0.3, -0.25) is 0 Å². The highest BCUT2D eigenvalue weighted by molar-refractivity contribution is 5.88. The van der Waals surface area contributed by atoms with Crippen LogP contribution in [0.3, 0.4) is 0 Å². The summed E-state index contributed by atoms with van der Waals surface area (Å²) in [5, 5.41) is 15.7. The van der Waals surface area contributed by atoms with E-state index >= 15 is 0 Å². The van der Waals surface area contributed by atoms with Gasteiger partial charge in [-0.15, -0.1) is 0 Å². The molecule has 2 aromatic rings. The molecule has 1 unspecified atom stereocenters. The number of phenols is 1. The third-order valence-corrected chi connectivity index (χ3v) is 3.22. The van der Waals surface area contributed by atoms with E-state index in [2.05, 4.69) is 11.4 Å². The highest BCUT2D eigenvalue weighted by Gasteiger charge is 2.20. The SMILES string of the molecule is Oc1ccc2ccccc2c1C1COCCN1. The first-order valence-corrected chi connectivity index (χ1v) is 5.88. The lowest BCUT2D eigenvalue weighted by Crippen LogP contribution is -2.34. The van der Waals surface area contributed by atoms with Crippen LogP contribution in [0, 0.1) is 0 Å². The Morgan fingerprint density at radius 1 is 1.18 bits per heavy atom. The molecule has 1 fully saturated rings. The molecule has 0 aliphatic carbocycles. The lowest BCUT2D eigenvalue weighted by atomic mass is 9.97. The van der Waals surface area contributed by atoms with Crippen molar-refractivity contribution in [3.8, 4) is 5.75 Å². The molecule has 17 heavy (non-hydrogen) atoms. The second kappa shape index (κ2) is 4.35. The Morgan fingerprint density at radius 2 is 2.06 bits per heavy atom.